The Morgan fingerprint density at radius 1 is 1.28 bits per heavy atom. The second-order valence-corrected chi connectivity index (χ2v) is 6.18. The first kappa shape index (κ1) is 13.1. The molecule has 0 amide bonds. The van der Waals surface area contributed by atoms with E-state index in [-0.39, 0.29) is 17.3 Å². The number of rotatable bonds is 2. The molecule has 0 aromatic heterocycles. The van der Waals surface area contributed by atoms with Crippen LogP contribution in [0.5, 0.6) is 5.75 Å². The van der Waals surface area contributed by atoms with Crippen molar-refractivity contribution in [3.05, 3.63) is 28.8 Å². The summed E-state index contributed by atoms with van der Waals surface area (Å²) < 4.78 is 5.81. The molecule has 0 bridgehead atoms. The van der Waals surface area contributed by atoms with Crippen LogP contribution in [-0.2, 0) is 5.41 Å². The van der Waals surface area contributed by atoms with Crippen LogP contribution in [0.25, 0.3) is 0 Å². The second kappa shape index (κ2) is 4.42. The average molecular weight is 246 g/mol. The summed E-state index contributed by atoms with van der Waals surface area (Å²) >= 11 is 0. The number of hydrogen-bond donors (Lipinski definition) is 0. The van der Waals surface area contributed by atoms with Crippen molar-refractivity contribution >= 4 is 5.78 Å². The molecule has 0 radical (unpaired) electrons. The van der Waals surface area contributed by atoms with Crippen molar-refractivity contribution in [2.75, 3.05) is 0 Å². The van der Waals surface area contributed by atoms with Gasteiger partial charge in [0.25, 0.3) is 0 Å². The molecule has 2 rings (SSSR count). The lowest BCUT2D eigenvalue weighted by molar-refractivity contribution is 0.0845. The van der Waals surface area contributed by atoms with Gasteiger partial charge in [-0.05, 0) is 36.0 Å². The lowest BCUT2D eigenvalue weighted by Crippen LogP contribution is -2.19. The van der Waals surface area contributed by atoms with Crippen LogP contribution in [0.4, 0.5) is 0 Å². The summed E-state index contributed by atoms with van der Waals surface area (Å²) in [6.45, 7) is 10.6. The first-order chi connectivity index (χ1) is 8.34. The van der Waals surface area contributed by atoms with E-state index < -0.39 is 0 Å². The van der Waals surface area contributed by atoms with Crippen LogP contribution in [0, 0.1) is 6.92 Å². The predicted molar refractivity (Wildman–Crippen MR) is 73.5 cm³/mol. The molecule has 1 aromatic rings. The average Bonchev–Trinajstić information content (AvgIpc) is 2.57. The normalized spacial score (nSPS) is 18.7. The summed E-state index contributed by atoms with van der Waals surface area (Å²) in [6.07, 6.45) is 1.51. The van der Waals surface area contributed by atoms with Crippen molar-refractivity contribution in [1.29, 1.82) is 0 Å². The molecule has 98 valence electrons. The Labute approximate surface area is 109 Å². The monoisotopic (exact) mass is 246 g/mol. The topological polar surface area (TPSA) is 26.3 Å². The fraction of sp³-hybridized carbons (Fsp3) is 0.562. The molecule has 2 heteroatoms. The molecule has 0 saturated carbocycles. The third-order valence-electron chi connectivity index (χ3n) is 3.51. The van der Waals surface area contributed by atoms with Crippen LogP contribution < -0.4 is 4.74 Å². The number of hydrogen-bond acceptors (Lipinski definition) is 2. The van der Waals surface area contributed by atoms with E-state index in [0.717, 1.165) is 29.7 Å². The number of carbonyl (C=O) groups is 1. The third-order valence-corrected chi connectivity index (χ3v) is 3.51. The van der Waals surface area contributed by atoms with Crippen LogP contribution in [-0.4, -0.2) is 11.9 Å². The van der Waals surface area contributed by atoms with E-state index in [1.54, 1.807) is 0 Å². The standard InChI is InChI=1S/C16H22O2/c1-6-7-13-14(17)12-9-11(16(3,4)5)8-10(2)15(12)18-13/h8-9,13H,6-7H2,1-5H3. The van der Waals surface area contributed by atoms with Gasteiger partial charge in [-0.2, -0.15) is 0 Å². The third kappa shape index (κ3) is 2.16. The van der Waals surface area contributed by atoms with Crippen molar-refractivity contribution in [2.24, 2.45) is 0 Å². The molecular formula is C16H22O2. The lowest BCUT2D eigenvalue weighted by atomic mass is 9.84. The summed E-state index contributed by atoms with van der Waals surface area (Å²) in [4.78, 5) is 12.3. The Hall–Kier alpha value is -1.31. The Kier molecular flexibility index (Phi) is 3.22. The maximum Gasteiger partial charge on any atom is 0.207 e. The zero-order valence-electron chi connectivity index (χ0n) is 12.0. The zero-order chi connectivity index (χ0) is 13.5. The second-order valence-electron chi connectivity index (χ2n) is 6.18. The number of ketones is 1. The Morgan fingerprint density at radius 3 is 2.50 bits per heavy atom. The number of Topliss-reactive ketones (excluding diaryl/α,β-unsaturated/α-hetero) is 1. The summed E-state index contributed by atoms with van der Waals surface area (Å²) in [6, 6.07) is 4.15. The first-order valence-corrected chi connectivity index (χ1v) is 6.70. The van der Waals surface area contributed by atoms with Gasteiger partial charge in [-0.3, -0.25) is 4.79 Å². The van der Waals surface area contributed by atoms with Gasteiger partial charge in [0.15, 0.2) is 6.10 Å². The van der Waals surface area contributed by atoms with Gasteiger partial charge in [0.05, 0.1) is 5.56 Å². The molecule has 2 nitrogen and oxygen atoms in total. The van der Waals surface area contributed by atoms with E-state index in [9.17, 15) is 4.79 Å². The largest absolute Gasteiger partial charge is 0.481 e. The number of ether oxygens (including phenoxy) is 1. The molecule has 0 aliphatic carbocycles. The number of benzene rings is 1. The van der Waals surface area contributed by atoms with Crippen LogP contribution in [0.15, 0.2) is 12.1 Å². The van der Waals surface area contributed by atoms with E-state index >= 15 is 0 Å². The van der Waals surface area contributed by atoms with Gasteiger partial charge in [-0.25, -0.2) is 0 Å². The van der Waals surface area contributed by atoms with E-state index in [2.05, 4.69) is 33.8 Å². The molecule has 1 aliphatic heterocycles. The molecule has 0 fully saturated rings. The van der Waals surface area contributed by atoms with Crippen molar-refractivity contribution in [3.8, 4) is 5.75 Å². The molecule has 1 aromatic carbocycles. The minimum absolute atomic E-state index is 0.0584. The smallest absolute Gasteiger partial charge is 0.207 e. The van der Waals surface area contributed by atoms with Crippen LogP contribution >= 0.6 is 0 Å². The quantitative estimate of drug-likeness (QED) is 0.787. The van der Waals surface area contributed by atoms with Crippen LogP contribution in [0.1, 0.15) is 62.0 Å². The van der Waals surface area contributed by atoms with Crippen molar-refractivity contribution in [1.82, 2.24) is 0 Å². The molecule has 1 atom stereocenters. The highest BCUT2D eigenvalue weighted by atomic mass is 16.5. The molecular weight excluding hydrogens is 224 g/mol. The summed E-state index contributed by atoms with van der Waals surface area (Å²) in [5, 5.41) is 0. The van der Waals surface area contributed by atoms with E-state index in [0.29, 0.717) is 0 Å². The van der Waals surface area contributed by atoms with Gasteiger partial charge in [0.1, 0.15) is 5.75 Å². The molecule has 0 N–H and O–H groups in total. The predicted octanol–water partition coefficient (Wildman–Crippen LogP) is 4.04. The fourth-order valence-electron chi connectivity index (χ4n) is 2.37. The van der Waals surface area contributed by atoms with Gasteiger partial charge in [0, 0.05) is 0 Å². The number of fused-ring (bicyclic) bond motifs is 1. The number of carbonyl (C=O) groups excluding carboxylic acids is 1. The molecule has 0 saturated heterocycles. The van der Waals surface area contributed by atoms with Gasteiger partial charge >= 0.3 is 0 Å². The van der Waals surface area contributed by atoms with Crippen molar-refractivity contribution in [2.45, 2.75) is 59.0 Å². The summed E-state index contributed by atoms with van der Waals surface area (Å²) in [5.41, 5.74) is 3.11. The number of aryl methyl sites for hydroxylation is 1. The van der Waals surface area contributed by atoms with Crippen LogP contribution in [0.3, 0.4) is 0 Å². The fourth-order valence-corrected chi connectivity index (χ4v) is 2.37. The van der Waals surface area contributed by atoms with Gasteiger partial charge in [-0.1, -0.05) is 40.2 Å². The van der Waals surface area contributed by atoms with E-state index in [1.807, 2.05) is 13.0 Å². The highest BCUT2D eigenvalue weighted by Crippen LogP contribution is 2.37. The first-order valence-electron chi connectivity index (χ1n) is 6.70. The molecule has 1 heterocycles. The zero-order valence-corrected chi connectivity index (χ0v) is 12.0. The maximum atomic E-state index is 12.3. The molecule has 1 unspecified atom stereocenters. The lowest BCUT2D eigenvalue weighted by Gasteiger charge is -2.20. The molecule has 0 spiro atoms. The van der Waals surface area contributed by atoms with Gasteiger partial charge in [0.2, 0.25) is 5.78 Å². The minimum atomic E-state index is -0.265. The van der Waals surface area contributed by atoms with E-state index in [1.165, 1.54) is 5.56 Å². The Bertz CT molecular complexity index is 481. The molecule has 1 aliphatic rings. The SMILES string of the molecule is CCCC1Oc2c(C)cc(C(C)(C)C)cc2C1=O. The maximum absolute atomic E-state index is 12.3. The molecule has 18 heavy (non-hydrogen) atoms. The highest BCUT2D eigenvalue weighted by Gasteiger charge is 2.34. The Balaban J connectivity index is 2.45. The van der Waals surface area contributed by atoms with Gasteiger partial charge in [-0.15, -0.1) is 0 Å². The summed E-state index contributed by atoms with van der Waals surface area (Å²) in [5.74, 6) is 0.951. The highest BCUT2D eigenvalue weighted by molar-refractivity contribution is 6.05. The summed E-state index contributed by atoms with van der Waals surface area (Å²) in [7, 11) is 0. The Morgan fingerprint density at radius 2 is 1.94 bits per heavy atom. The van der Waals surface area contributed by atoms with E-state index in [4.69, 9.17) is 4.74 Å². The van der Waals surface area contributed by atoms with Crippen LogP contribution in [0.2, 0.25) is 0 Å². The van der Waals surface area contributed by atoms with Crippen molar-refractivity contribution < 1.29 is 9.53 Å². The van der Waals surface area contributed by atoms with Crippen molar-refractivity contribution in [3.63, 3.8) is 0 Å². The minimum Gasteiger partial charge on any atom is -0.481 e. The van der Waals surface area contributed by atoms with Gasteiger partial charge < -0.3 is 4.74 Å².